The minimum absolute atomic E-state index is 0.959. The van der Waals surface area contributed by atoms with Crippen LogP contribution in [0.4, 0.5) is 0 Å². The van der Waals surface area contributed by atoms with Gasteiger partial charge in [0, 0.05) is 0 Å². The fourth-order valence-electron chi connectivity index (χ4n) is 3.53. The zero-order valence-electron chi connectivity index (χ0n) is 16.5. The average Bonchev–Trinajstić information content (AvgIpc) is 2.53. The molecule has 0 N–H and O–H groups in total. The second-order valence-corrected chi connectivity index (χ2v) is 7.72. The Morgan fingerprint density at radius 2 is 1.00 bits per heavy atom. The molecule has 0 aromatic heterocycles. The second-order valence-electron chi connectivity index (χ2n) is 7.72. The molecular formula is C22H46. The highest BCUT2D eigenvalue weighted by Crippen LogP contribution is 2.24. The van der Waals surface area contributed by atoms with Gasteiger partial charge in [0.1, 0.15) is 0 Å². The first kappa shape index (κ1) is 22.0. The van der Waals surface area contributed by atoms with Crippen LogP contribution in [0.2, 0.25) is 0 Å². The SMILES string of the molecule is CCCCCCCCC(C)CCC(CC)CCCCCCC. The molecule has 0 aliphatic carbocycles. The maximum atomic E-state index is 2.49. The third kappa shape index (κ3) is 14.9. The summed E-state index contributed by atoms with van der Waals surface area (Å²) in [7, 11) is 0. The van der Waals surface area contributed by atoms with Crippen molar-refractivity contribution < 1.29 is 0 Å². The normalized spacial score (nSPS) is 14.2. The van der Waals surface area contributed by atoms with Gasteiger partial charge in [0.2, 0.25) is 0 Å². The number of hydrogen-bond acceptors (Lipinski definition) is 0. The topological polar surface area (TPSA) is 0 Å². The van der Waals surface area contributed by atoms with Crippen molar-refractivity contribution in [1.29, 1.82) is 0 Å². The Morgan fingerprint density at radius 1 is 0.500 bits per heavy atom. The molecule has 0 nitrogen and oxygen atoms in total. The summed E-state index contributed by atoms with van der Waals surface area (Å²) in [4.78, 5) is 0. The van der Waals surface area contributed by atoms with E-state index in [2.05, 4.69) is 27.7 Å². The van der Waals surface area contributed by atoms with Crippen LogP contribution in [0.1, 0.15) is 130 Å². The van der Waals surface area contributed by atoms with Gasteiger partial charge < -0.3 is 0 Å². The molecular weight excluding hydrogens is 264 g/mol. The molecule has 0 bridgehead atoms. The minimum Gasteiger partial charge on any atom is -0.0654 e. The summed E-state index contributed by atoms with van der Waals surface area (Å²) in [5.74, 6) is 1.97. The van der Waals surface area contributed by atoms with E-state index >= 15 is 0 Å². The molecule has 0 aromatic rings. The van der Waals surface area contributed by atoms with Crippen LogP contribution in [0.3, 0.4) is 0 Å². The van der Waals surface area contributed by atoms with Gasteiger partial charge in [-0.3, -0.25) is 0 Å². The van der Waals surface area contributed by atoms with Crippen molar-refractivity contribution in [2.24, 2.45) is 11.8 Å². The van der Waals surface area contributed by atoms with Gasteiger partial charge in [0.25, 0.3) is 0 Å². The van der Waals surface area contributed by atoms with Crippen molar-refractivity contribution in [1.82, 2.24) is 0 Å². The lowest BCUT2D eigenvalue weighted by molar-refractivity contribution is 0.352. The Morgan fingerprint density at radius 3 is 1.55 bits per heavy atom. The maximum Gasteiger partial charge on any atom is -0.0417 e. The molecule has 0 fully saturated rings. The third-order valence-electron chi connectivity index (χ3n) is 5.41. The molecule has 22 heavy (non-hydrogen) atoms. The first-order valence-electron chi connectivity index (χ1n) is 10.7. The summed E-state index contributed by atoms with van der Waals surface area (Å²) >= 11 is 0. The van der Waals surface area contributed by atoms with Crippen molar-refractivity contribution in [2.45, 2.75) is 130 Å². The van der Waals surface area contributed by atoms with E-state index in [-0.39, 0.29) is 0 Å². The van der Waals surface area contributed by atoms with Gasteiger partial charge >= 0.3 is 0 Å². The Bertz CT molecular complexity index is 196. The highest BCUT2D eigenvalue weighted by molar-refractivity contribution is 4.62. The zero-order chi connectivity index (χ0) is 16.5. The average molecular weight is 311 g/mol. The molecule has 0 rings (SSSR count). The molecule has 0 saturated heterocycles. The van der Waals surface area contributed by atoms with E-state index in [1.54, 1.807) is 0 Å². The molecule has 0 amide bonds. The number of rotatable bonds is 17. The van der Waals surface area contributed by atoms with E-state index in [1.165, 1.54) is 103 Å². The molecule has 0 spiro atoms. The molecule has 2 unspecified atom stereocenters. The number of unbranched alkanes of at least 4 members (excludes halogenated alkanes) is 9. The quantitative estimate of drug-likeness (QED) is 0.236. The lowest BCUT2D eigenvalue weighted by Crippen LogP contribution is -2.03. The summed E-state index contributed by atoms with van der Waals surface area (Å²) in [5.41, 5.74) is 0. The molecule has 0 aliphatic heterocycles. The van der Waals surface area contributed by atoms with Crippen LogP contribution in [-0.4, -0.2) is 0 Å². The van der Waals surface area contributed by atoms with E-state index in [9.17, 15) is 0 Å². The van der Waals surface area contributed by atoms with Crippen LogP contribution >= 0.6 is 0 Å². The molecule has 0 radical (unpaired) electrons. The monoisotopic (exact) mass is 310 g/mol. The van der Waals surface area contributed by atoms with Crippen molar-refractivity contribution in [2.75, 3.05) is 0 Å². The fourth-order valence-corrected chi connectivity index (χ4v) is 3.53. The summed E-state index contributed by atoms with van der Waals surface area (Å²) in [5, 5.41) is 0. The second kappa shape index (κ2) is 17.4. The Hall–Kier alpha value is 0. The zero-order valence-corrected chi connectivity index (χ0v) is 16.5. The van der Waals surface area contributed by atoms with Crippen molar-refractivity contribution in [3.8, 4) is 0 Å². The van der Waals surface area contributed by atoms with Crippen LogP contribution in [0.5, 0.6) is 0 Å². The van der Waals surface area contributed by atoms with Gasteiger partial charge in [0.15, 0.2) is 0 Å². The summed E-state index contributed by atoms with van der Waals surface area (Å²) in [6.45, 7) is 9.49. The van der Waals surface area contributed by atoms with Crippen LogP contribution < -0.4 is 0 Å². The predicted molar refractivity (Wildman–Crippen MR) is 104 cm³/mol. The molecule has 0 heterocycles. The van der Waals surface area contributed by atoms with Gasteiger partial charge in [-0.1, -0.05) is 130 Å². The molecule has 0 aliphatic rings. The highest BCUT2D eigenvalue weighted by atomic mass is 14.2. The van der Waals surface area contributed by atoms with Gasteiger partial charge in [-0.15, -0.1) is 0 Å². The third-order valence-corrected chi connectivity index (χ3v) is 5.41. The van der Waals surface area contributed by atoms with Crippen molar-refractivity contribution in [3.05, 3.63) is 0 Å². The molecule has 134 valence electrons. The van der Waals surface area contributed by atoms with Gasteiger partial charge in [-0.2, -0.15) is 0 Å². The van der Waals surface area contributed by atoms with Gasteiger partial charge in [0.05, 0.1) is 0 Å². The first-order valence-corrected chi connectivity index (χ1v) is 10.7. The maximum absolute atomic E-state index is 2.49. The Balaban J connectivity index is 3.49. The van der Waals surface area contributed by atoms with Crippen LogP contribution in [-0.2, 0) is 0 Å². The highest BCUT2D eigenvalue weighted by Gasteiger charge is 2.09. The van der Waals surface area contributed by atoms with E-state index < -0.39 is 0 Å². The van der Waals surface area contributed by atoms with Crippen LogP contribution in [0.15, 0.2) is 0 Å². The fraction of sp³-hybridized carbons (Fsp3) is 1.00. The summed E-state index contributed by atoms with van der Waals surface area (Å²) in [6, 6.07) is 0. The smallest absolute Gasteiger partial charge is 0.0417 e. The van der Waals surface area contributed by atoms with Crippen LogP contribution in [0.25, 0.3) is 0 Å². The minimum atomic E-state index is 0.959. The molecule has 0 heteroatoms. The van der Waals surface area contributed by atoms with Crippen LogP contribution in [0, 0.1) is 11.8 Å². The van der Waals surface area contributed by atoms with E-state index in [4.69, 9.17) is 0 Å². The lowest BCUT2D eigenvalue weighted by Gasteiger charge is -2.18. The van der Waals surface area contributed by atoms with E-state index in [0.29, 0.717) is 0 Å². The Labute approximate surface area is 142 Å². The predicted octanol–water partition coefficient (Wildman–Crippen LogP) is 8.54. The van der Waals surface area contributed by atoms with Gasteiger partial charge in [-0.05, 0) is 11.8 Å². The van der Waals surface area contributed by atoms with E-state index in [1.807, 2.05) is 0 Å². The molecule has 2 atom stereocenters. The Kier molecular flexibility index (Phi) is 17.4. The van der Waals surface area contributed by atoms with Gasteiger partial charge in [-0.25, -0.2) is 0 Å². The molecule has 0 saturated carbocycles. The first-order chi connectivity index (χ1) is 10.7. The molecule has 0 aromatic carbocycles. The standard InChI is InChI=1S/C22H46/c1-5-8-10-12-14-15-17-21(4)19-20-22(7-3)18-16-13-11-9-6-2/h21-22H,5-20H2,1-4H3. The van der Waals surface area contributed by atoms with Crippen molar-refractivity contribution >= 4 is 0 Å². The lowest BCUT2D eigenvalue weighted by atomic mass is 9.88. The van der Waals surface area contributed by atoms with Crippen molar-refractivity contribution in [3.63, 3.8) is 0 Å². The number of hydrogen-bond donors (Lipinski definition) is 0. The summed E-state index contributed by atoms with van der Waals surface area (Å²) < 4.78 is 0. The van der Waals surface area contributed by atoms with E-state index in [0.717, 1.165) is 11.8 Å². The summed E-state index contributed by atoms with van der Waals surface area (Å²) in [6.07, 6.45) is 23.2. The largest absolute Gasteiger partial charge is 0.0654 e.